The molecule has 4 heteroatoms. The Hall–Kier alpha value is -2.54. The summed E-state index contributed by atoms with van der Waals surface area (Å²) in [6.07, 6.45) is 1.97. The first-order valence-corrected chi connectivity index (χ1v) is 7.96. The molecule has 0 unspecified atom stereocenters. The molecule has 0 radical (unpaired) electrons. The standard InChI is InChI=1S/C19H20N2O2/c1-11(2)12-6-8-13(9-7-12)17-14(10-20)19(21)23-16-5-3-4-15(22)18(16)17/h6-9,11,17H,3-5,21H2,1-2H3/t17-/m0/s1. The van der Waals surface area contributed by atoms with E-state index in [-0.39, 0.29) is 11.7 Å². The van der Waals surface area contributed by atoms with E-state index < -0.39 is 5.92 Å². The summed E-state index contributed by atoms with van der Waals surface area (Å²) in [5, 5.41) is 9.51. The molecule has 3 rings (SSSR count). The third kappa shape index (κ3) is 2.63. The molecule has 1 heterocycles. The van der Waals surface area contributed by atoms with Crippen LogP contribution >= 0.6 is 0 Å². The predicted octanol–water partition coefficient (Wildman–Crippen LogP) is 3.62. The minimum Gasteiger partial charge on any atom is -0.444 e. The lowest BCUT2D eigenvalue weighted by Gasteiger charge is -2.31. The van der Waals surface area contributed by atoms with E-state index >= 15 is 0 Å². The van der Waals surface area contributed by atoms with Crippen molar-refractivity contribution >= 4 is 5.78 Å². The molecule has 2 aliphatic rings. The zero-order valence-electron chi connectivity index (χ0n) is 13.4. The molecule has 0 spiro atoms. The summed E-state index contributed by atoms with van der Waals surface area (Å²) in [5.74, 6) is 0.845. The van der Waals surface area contributed by atoms with Crippen molar-refractivity contribution in [1.82, 2.24) is 0 Å². The topological polar surface area (TPSA) is 76.1 Å². The van der Waals surface area contributed by atoms with Gasteiger partial charge < -0.3 is 10.5 Å². The van der Waals surface area contributed by atoms with Gasteiger partial charge in [-0.2, -0.15) is 5.26 Å². The normalized spacial score (nSPS) is 21.1. The molecule has 0 saturated carbocycles. The smallest absolute Gasteiger partial charge is 0.205 e. The van der Waals surface area contributed by atoms with E-state index in [2.05, 4.69) is 19.9 Å². The zero-order valence-corrected chi connectivity index (χ0v) is 13.4. The zero-order chi connectivity index (χ0) is 16.6. The number of hydrogen-bond donors (Lipinski definition) is 1. The minimum atomic E-state index is -0.405. The molecule has 1 aromatic carbocycles. The SMILES string of the molecule is CC(C)c1ccc([C@H]2C(C#N)=C(N)OC3=C2C(=O)CCC3)cc1. The first-order valence-electron chi connectivity index (χ1n) is 7.96. The largest absolute Gasteiger partial charge is 0.444 e. The van der Waals surface area contributed by atoms with Crippen molar-refractivity contribution in [2.24, 2.45) is 5.73 Å². The van der Waals surface area contributed by atoms with Gasteiger partial charge in [-0.15, -0.1) is 0 Å². The Morgan fingerprint density at radius 2 is 1.96 bits per heavy atom. The van der Waals surface area contributed by atoms with Crippen LogP contribution < -0.4 is 5.73 Å². The Kier molecular flexibility index (Phi) is 3.96. The molecule has 0 saturated heterocycles. The number of nitriles is 1. The number of hydrogen-bond acceptors (Lipinski definition) is 4. The molecule has 0 bridgehead atoms. The fraction of sp³-hybridized carbons (Fsp3) is 0.368. The quantitative estimate of drug-likeness (QED) is 0.905. The van der Waals surface area contributed by atoms with Gasteiger partial charge in [-0.25, -0.2) is 0 Å². The second-order valence-electron chi connectivity index (χ2n) is 6.36. The summed E-state index contributed by atoms with van der Waals surface area (Å²) in [6.45, 7) is 4.26. The van der Waals surface area contributed by atoms with Crippen LogP contribution in [-0.4, -0.2) is 5.78 Å². The number of allylic oxidation sites excluding steroid dienone is 3. The van der Waals surface area contributed by atoms with Crippen LogP contribution in [0.5, 0.6) is 0 Å². The average Bonchev–Trinajstić information content (AvgIpc) is 2.54. The van der Waals surface area contributed by atoms with Gasteiger partial charge in [0, 0.05) is 18.4 Å². The van der Waals surface area contributed by atoms with Crippen molar-refractivity contribution in [2.45, 2.75) is 44.9 Å². The van der Waals surface area contributed by atoms with Gasteiger partial charge in [-0.05, 0) is 23.5 Å². The van der Waals surface area contributed by atoms with Crippen LogP contribution in [0.15, 0.2) is 47.1 Å². The minimum absolute atomic E-state index is 0.0597. The fourth-order valence-corrected chi connectivity index (χ4v) is 3.26. The Morgan fingerprint density at radius 1 is 1.26 bits per heavy atom. The second-order valence-corrected chi connectivity index (χ2v) is 6.36. The van der Waals surface area contributed by atoms with Crippen LogP contribution in [0.3, 0.4) is 0 Å². The van der Waals surface area contributed by atoms with Crippen LogP contribution in [0.25, 0.3) is 0 Å². The number of ketones is 1. The maximum Gasteiger partial charge on any atom is 0.205 e. The van der Waals surface area contributed by atoms with Crippen LogP contribution in [0, 0.1) is 11.3 Å². The Morgan fingerprint density at radius 3 is 2.57 bits per heavy atom. The van der Waals surface area contributed by atoms with Crippen molar-refractivity contribution in [3.05, 3.63) is 58.2 Å². The van der Waals surface area contributed by atoms with Gasteiger partial charge in [0.05, 0.1) is 5.92 Å². The number of nitrogens with zero attached hydrogens (tertiary/aromatic N) is 1. The van der Waals surface area contributed by atoms with Crippen LogP contribution in [-0.2, 0) is 9.53 Å². The lowest BCUT2D eigenvalue weighted by atomic mass is 9.77. The van der Waals surface area contributed by atoms with E-state index in [1.54, 1.807) is 0 Å². The summed E-state index contributed by atoms with van der Waals surface area (Å²) in [7, 11) is 0. The molecule has 0 aromatic heterocycles. The molecule has 23 heavy (non-hydrogen) atoms. The summed E-state index contributed by atoms with van der Waals surface area (Å²) >= 11 is 0. The number of rotatable bonds is 2. The molecule has 0 fully saturated rings. The monoisotopic (exact) mass is 308 g/mol. The van der Waals surface area contributed by atoms with E-state index in [0.29, 0.717) is 35.7 Å². The van der Waals surface area contributed by atoms with Gasteiger partial charge in [0.25, 0.3) is 0 Å². The van der Waals surface area contributed by atoms with E-state index in [0.717, 1.165) is 12.0 Å². The number of nitrogens with two attached hydrogens (primary N) is 1. The number of benzene rings is 1. The number of ether oxygens (including phenoxy) is 1. The van der Waals surface area contributed by atoms with Gasteiger partial charge in [0.1, 0.15) is 17.4 Å². The van der Waals surface area contributed by atoms with Crippen LogP contribution in [0.1, 0.15) is 56.1 Å². The molecule has 2 N–H and O–H groups in total. The first kappa shape index (κ1) is 15.4. The number of carbonyl (C=O) groups excluding carboxylic acids is 1. The second kappa shape index (κ2) is 5.92. The third-order valence-electron chi connectivity index (χ3n) is 4.54. The molecular weight excluding hydrogens is 288 g/mol. The van der Waals surface area contributed by atoms with Gasteiger partial charge in [0.2, 0.25) is 5.88 Å². The Bertz CT molecular complexity index is 749. The van der Waals surface area contributed by atoms with Crippen molar-refractivity contribution in [3.8, 4) is 6.07 Å². The lowest BCUT2D eigenvalue weighted by molar-refractivity contribution is -0.116. The van der Waals surface area contributed by atoms with Crippen molar-refractivity contribution in [1.29, 1.82) is 5.26 Å². The van der Waals surface area contributed by atoms with Crippen molar-refractivity contribution < 1.29 is 9.53 Å². The lowest BCUT2D eigenvalue weighted by Crippen LogP contribution is -2.27. The van der Waals surface area contributed by atoms with E-state index in [9.17, 15) is 10.1 Å². The Labute approximate surface area is 136 Å². The molecule has 1 aromatic rings. The average molecular weight is 308 g/mol. The van der Waals surface area contributed by atoms with Gasteiger partial charge >= 0.3 is 0 Å². The number of Topliss-reactive ketones (excluding diaryl/α,β-unsaturated/α-hetero) is 1. The highest BCUT2D eigenvalue weighted by atomic mass is 16.5. The summed E-state index contributed by atoms with van der Waals surface area (Å²) in [4.78, 5) is 12.4. The summed E-state index contributed by atoms with van der Waals surface area (Å²) in [5.41, 5.74) is 9.02. The maximum atomic E-state index is 12.4. The van der Waals surface area contributed by atoms with Crippen molar-refractivity contribution in [2.75, 3.05) is 0 Å². The molecule has 1 aliphatic carbocycles. The van der Waals surface area contributed by atoms with E-state index in [1.165, 1.54) is 5.56 Å². The Balaban J connectivity index is 2.11. The first-order chi connectivity index (χ1) is 11.0. The maximum absolute atomic E-state index is 12.4. The highest BCUT2D eigenvalue weighted by molar-refractivity contribution is 5.99. The molecule has 118 valence electrons. The van der Waals surface area contributed by atoms with Gasteiger partial charge in [-0.3, -0.25) is 4.79 Å². The molecule has 4 nitrogen and oxygen atoms in total. The fourth-order valence-electron chi connectivity index (χ4n) is 3.26. The van der Waals surface area contributed by atoms with Crippen LogP contribution in [0.2, 0.25) is 0 Å². The number of carbonyl (C=O) groups is 1. The summed E-state index contributed by atoms with van der Waals surface area (Å²) in [6, 6.07) is 10.2. The highest BCUT2D eigenvalue weighted by Gasteiger charge is 2.37. The van der Waals surface area contributed by atoms with Crippen LogP contribution in [0.4, 0.5) is 0 Å². The molecule has 1 atom stereocenters. The van der Waals surface area contributed by atoms with Gasteiger partial charge in [0.15, 0.2) is 5.78 Å². The van der Waals surface area contributed by atoms with Gasteiger partial charge in [-0.1, -0.05) is 38.1 Å². The third-order valence-corrected chi connectivity index (χ3v) is 4.54. The van der Waals surface area contributed by atoms with E-state index in [1.807, 2.05) is 24.3 Å². The molecule has 0 amide bonds. The van der Waals surface area contributed by atoms with E-state index in [4.69, 9.17) is 10.5 Å². The van der Waals surface area contributed by atoms with Crippen molar-refractivity contribution in [3.63, 3.8) is 0 Å². The molecular formula is C19H20N2O2. The molecule has 1 aliphatic heterocycles. The predicted molar refractivity (Wildman–Crippen MR) is 87.1 cm³/mol. The summed E-state index contributed by atoms with van der Waals surface area (Å²) < 4.78 is 5.57. The highest BCUT2D eigenvalue weighted by Crippen LogP contribution is 2.43.